The maximum Gasteiger partial charge on any atom is 0.196 e. The Morgan fingerprint density at radius 1 is 1.00 bits per heavy atom. The highest BCUT2D eigenvalue weighted by Gasteiger charge is 2.18. The van der Waals surface area contributed by atoms with Crippen LogP contribution in [0.1, 0.15) is 15.9 Å². The quantitative estimate of drug-likeness (QED) is 0.671. The van der Waals surface area contributed by atoms with E-state index in [0.717, 1.165) is 12.1 Å². The van der Waals surface area contributed by atoms with Gasteiger partial charge in [-0.05, 0) is 24.3 Å². The van der Waals surface area contributed by atoms with E-state index < -0.39 is 17.4 Å². The summed E-state index contributed by atoms with van der Waals surface area (Å²) in [5.41, 5.74) is 5.26. The topological polar surface area (TPSA) is 43.1 Å². The van der Waals surface area contributed by atoms with Gasteiger partial charge in [-0.3, -0.25) is 4.79 Å². The molecule has 0 heterocycles. The van der Waals surface area contributed by atoms with Gasteiger partial charge in [-0.25, -0.2) is 8.78 Å². The van der Waals surface area contributed by atoms with Gasteiger partial charge in [-0.2, -0.15) is 0 Å². The number of carbonyl (C=O) groups is 1. The molecule has 0 radical (unpaired) electrons. The Hall–Kier alpha value is -1.65. The van der Waals surface area contributed by atoms with Crippen LogP contribution in [0.2, 0.25) is 10.0 Å². The highest BCUT2D eigenvalue weighted by atomic mass is 35.5. The van der Waals surface area contributed by atoms with Crippen molar-refractivity contribution in [2.24, 2.45) is 0 Å². The average molecular weight is 302 g/mol. The zero-order chi connectivity index (χ0) is 14.2. The van der Waals surface area contributed by atoms with Crippen molar-refractivity contribution in [3.63, 3.8) is 0 Å². The minimum atomic E-state index is -1.16. The highest BCUT2D eigenvalue weighted by Crippen LogP contribution is 2.26. The third kappa shape index (κ3) is 2.69. The number of ketones is 1. The van der Waals surface area contributed by atoms with E-state index in [1.807, 2.05) is 0 Å². The van der Waals surface area contributed by atoms with Gasteiger partial charge in [0, 0.05) is 27.9 Å². The number of anilines is 1. The lowest BCUT2D eigenvalue weighted by atomic mass is 10.0. The van der Waals surface area contributed by atoms with Gasteiger partial charge in [-0.1, -0.05) is 23.2 Å². The smallest absolute Gasteiger partial charge is 0.196 e. The SMILES string of the molecule is Nc1cc(F)c(F)cc1C(=O)c1cc(Cl)ccc1Cl. The monoisotopic (exact) mass is 301 g/mol. The van der Waals surface area contributed by atoms with E-state index in [9.17, 15) is 13.6 Å². The van der Waals surface area contributed by atoms with Crippen molar-refractivity contribution in [1.29, 1.82) is 0 Å². The number of hydrogen-bond donors (Lipinski definition) is 1. The second-order valence-corrected chi connectivity index (χ2v) is 4.65. The van der Waals surface area contributed by atoms with E-state index in [-0.39, 0.29) is 21.8 Å². The molecule has 0 unspecified atom stereocenters. The molecule has 2 aromatic rings. The van der Waals surface area contributed by atoms with Crippen LogP contribution >= 0.6 is 23.2 Å². The lowest BCUT2D eigenvalue weighted by Gasteiger charge is -2.07. The number of rotatable bonds is 2. The molecular weight excluding hydrogens is 295 g/mol. The summed E-state index contributed by atoms with van der Waals surface area (Å²) in [6, 6.07) is 5.78. The molecule has 0 spiro atoms. The fourth-order valence-electron chi connectivity index (χ4n) is 1.58. The van der Waals surface area contributed by atoms with E-state index in [1.165, 1.54) is 18.2 Å². The summed E-state index contributed by atoms with van der Waals surface area (Å²) < 4.78 is 26.1. The molecule has 0 amide bonds. The largest absolute Gasteiger partial charge is 0.398 e. The van der Waals surface area contributed by atoms with E-state index in [2.05, 4.69) is 0 Å². The number of carbonyl (C=O) groups excluding carboxylic acids is 1. The molecule has 2 aromatic carbocycles. The van der Waals surface area contributed by atoms with Crippen LogP contribution in [0.15, 0.2) is 30.3 Å². The van der Waals surface area contributed by atoms with Crippen LogP contribution < -0.4 is 5.73 Å². The molecule has 0 aliphatic heterocycles. The summed E-state index contributed by atoms with van der Waals surface area (Å²) in [5, 5.41) is 0.451. The van der Waals surface area contributed by atoms with Gasteiger partial charge < -0.3 is 5.73 Å². The Labute approximate surface area is 117 Å². The van der Waals surface area contributed by atoms with Crippen molar-refractivity contribution >= 4 is 34.7 Å². The summed E-state index contributed by atoms with van der Waals surface area (Å²) in [7, 11) is 0. The van der Waals surface area contributed by atoms with Crippen LogP contribution in [0.25, 0.3) is 0 Å². The Bertz CT molecular complexity index is 674. The summed E-state index contributed by atoms with van der Waals surface area (Å²) >= 11 is 11.6. The molecule has 0 bridgehead atoms. The average Bonchev–Trinajstić information content (AvgIpc) is 2.36. The Morgan fingerprint density at radius 2 is 1.63 bits per heavy atom. The van der Waals surface area contributed by atoms with Crippen LogP contribution in [-0.4, -0.2) is 5.78 Å². The van der Waals surface area contributed by atoms with Crippen molar-refractivity contribution in [1.82, 2.24) is 0 Å². The van der Waals surface area contributed by atoms with Crippen molar-refractivity contribution in [2.75, 3.05) is 5.73 Å². The lowest BCUT2D eigenvalue weighted by molar-refractivity contribution is 0.103. The second kappa shape index (κ2) is 5.15. The molecule has 0 saturated carbocycles. The molecule has 0 atom stereocenters. The fourth-order valence-corrected chi connectivity index (χ4v) is 1.95. The molecule has 6 heteroatoms. The predicted molar refractivity (Wildman–Crippen MR) is 70.7 cm³/mol. The summed E-state index contributed by atoms with van der Waals surface area (Å²) in [5.74, 6) is -2.90. The summed E-state index contributed by atoms with van der Waals surface area (Å²) in [6.07, 6.45) is 0. The van der Waals surface area contributed by atoms with E-state index in [1.54, 1.807) is 0 Å². The number of nitrogens with two attached hydrogens (primary N) is 1. The predicted octanol–water partition coefficient (Wildman–Crippen LogP) is 4.08. The normalized spacial score (nSPS) is 10.5. The summed E-state index contributed by atoms with van der Waals surface area (Å²) in [6.45, 7) is 0. The molecule has 2 N–H and O–H groups in total. The summed E-state index contributed by atoms with van der Waals surface area (Å²) in [4.78, 5) is 12.2. The van der Waals surface area contributed by atoms with Crippen molar-refractivity contribution in [3.05, 3.63) is 63.1 Å². The van der Waals surface area contributed by atoms with Crippen LogP contribution in [0.5, 0.6) is 0 Å². The molecule has 0 aliphatic carbocycles. The first-order valence-corrected chi connectivity index (χ1v) is 5.90. The van der Waals surface area contributed by atoms with Gasteiger partial charge in [0.15, 0.2) is 17.4 Å². The number of nitrogen functional groups attached to an aromatic ring is 1. The molecule has 0 saturated heterocycles. The van der Waals surface area contributed by atoms with Gasteiger partial charge in [-0.15, -0.1) is 0 Å². The number of hydrogen-bond acceptors (Lipinski definition) is 2. The van der Waals surface area contributed by atoms with Crippen LogP contribution in [0.3, 0.4) is 0 Å². The Balaban J connectivity index is 2.56. The van der Waals surface area contributed by atoms with Crippen molar-refractivity contribution in [3.8, 4) is 0 Å². The first-order chi connectivity index (χ1) is 8.90. The van der Waals surface area contributed by atoms with Crippen molar-refractivity contribution < 1.29 is 13.6 Å². The fraction of sp³-hybridized carbons (Fsp3) is 0. The molecule has 2 rings (SSSR count). The van der Waals surface area contributed by atoms with E-state index in [4.69, 9.17) is 28.9 Å². The molecular formula is C13H7Cl2F2NO. The van der Waals surface area contributed by atoms with Crippen LogP contribution in [0.4, 0.5) is 14.5 Å². The molecule has 0 aromatic heterocycles. The zero-order valence-electron chi connectivity index (χ0n) is 9.38. The molecule has 0 aliphatic rings. The molecule has 98 valence electrons. The first-order valence-electron chi connectivity index (χ1n) is 5.14. The highest BCUT2D eigenvalue weighted by molar-refractivity contribution is 6.37. The Kier molecular flexibility index (Phi) is 3.73. The van der Waals surface area contributed by atoms with Gasteiger partial charge in [0.05, 0.1) is 5.02 Å². The first kappa shape index (κ1) is 13.8. The van der Waals surface area contributed by atoms with E-state index >= 15 is 0 Å². The number of benzene rings is 2. The number of halogens is 4. The molecule has 19 heavy (non-hydrogen) atoms. The lowest BCUT2D eigenvalue weighted by Crippen LogP contribution is -2.07. The minimum Gasteiger partial charge on any atom is -0.398 e. The van der Waals surface area contributed by atoms with Gasteiger partial charge in [0.2, 0.25) is 0 Å². The van der Waals surface area contributed by atoms with Gasteiger partial charge >= 0.3 is 0 Å². The molecule has 2 nitrogen and oxygen atoms in total. The van der Waals surface area contributed by atoms with E-state index in [0.29, 0.717) is 5.02 Å². The van der Waals surface area contributed by atoms with Gasteiger partial charge in [0.25, 0.3) is 0 Å². The third-order valence-electron chi connectivity index (χ3n) is 2.51. The maximum atomic E-state index is 13.2. The van der Waals surface area contributed by atoms with Crippen LogP contribution in [-0.2, 0) is 0 Å². The van der Waals surface area contributed by atoms with Gasteiger partial charge in [0.1, 0.15) is 0 Å². The standard InChI is InChI=1S/C13H7Cl2F2NO/c14-6-1-2-9(15)7(3-6)13(19)8-4-10(16)11(17)5-12(8)18/h1-5H,18H2. The van der Waals surface area contributed by atoms with Crippen LogP contribution in [0, 0.1) is 11.6 Å². The maximum absolute atomic E-state index is 13.2. The van der Waals surface area contributed by atoms with Crippen molar-refractivity contribution in [2.45, 2.75) is 0 Å². The Morgan fingerprint density at radius 3 is 2.32 bits per heavy atom. The third-order valence-corrected chi connectivity index (χ3v) is 3.07. The zero-order valence-corrected chi connectivity index (χ0v) is 10.9. The minimum absolute atomic E-state index is 0.0758. The second-order valence-electron chi connectivity index (χ2n) is 3.81. The molecule has 0 fully saturated rings.